The maximum absolute atomic E-state index is 13.3. The van der Waals surface area contributed by atoms with E-state index in [1.54, 1.807) is 12.2 Å². The van der Waals surface area contributed by atoms with Gasteiger partial charge in [0.2, 0.25) is 0 Å². The molecule has 0 aliphatic carbocycles. The van der Waals surface area contributed by atoms with Crippen LogP contribution in [0.25, 0.3) is 0 Å². The summed E-state index contributed by atoms with van der Waals surface area (Å²) in [5.41, 5.74) is 0. The van der Waals surface area contributed by atoms with E-state index in [0.29, 0.717) is 19.0 Å². The van der Waals surface area contributed by atoms with Crippen molar-refractivity contribution in [1.82, 2.24) is 4.98 Å². The molecule has 1 aromatic heterocycles. The first-order valence-electron chi connectivity index (χ1n) is 5.77. The number of nitrogens with zero attached hydrogens (tertiary/aromatic N) is 1. The first kappa shape index (κ1) is 16.4. The van der Waals surface area contributed by atoms with E-state index in [1.807, 2.05) is 0 Å². The maximum Gasteiger partial charge on any atom is 0.324 e. The summed E-state index contributed by atoms with van der Waals surface area (Å²) in [6.45, 7) is 0.617. The molecule has 0 fully saturated rings. The normalized spacial score (nSPS) is 11.8. The van der Waals surface area contributed by atoms with Crippen LogP contribution in [-0.4, -0.2) is 30.4 Å². The summed E-state index contributed by atoms with van der Waals surface area (Å²) in [5.74, 6) is -7.63. The smallest absolute Gasteiger partial charge is 0.324 e. The number of pyridine rings is 1. The van der Waals surface area contributed by atoms with Gasteiger partial charge in [0.25, 0.3) is 0 Å². The molecule has 0 aliphatic rings. The van der Waals surface area contributed by atoms with Crippen LogP contribution in [0.2, 0.25) is 0 Å². The van der Waals surface area contributed by atoms with Crippen LogP contribution >= 0.6 is 0 Å². The molecule has 0 saturated heterocycles. The van der Waals surface area contributed by atoms with E-state index < -0.39 is 36.3 Å². The minimum Gasteiger partial charge on any atom is -0.368 e. The van der Waals surface area contributed by atoms with E-state index >= 15 is 0 Å². The maximum atomic E-state index is 13.3. The minimum atomic E-state index is -4.33. The number of halogens is 6. The van der Waals surface area contributed by atoms with Gasteiger partial charge in [0.1, 0.15) is 0 Å². The first-order valence-corrected chi connectivity index (χ1v) is 5.77. The lowest BCUT2D eigenvalue weighted by atomic mass is 10.3. The number of aromatic nitrogens is 1. The Morgan fingerprint density at radius 2 is 1.70 bits per heavy atom. The molecule has 0 aromatic carbocycles. The molecule has 2 N–H and O–H groups in total. The second-order valence-electron chi connectivity index (χ2n) is 3.99. The van der Waals surface area contributed by atoms with Crippen LogP contribution in [0.3, 0.4) is 0 Å². The molecule has 1 aromatic rings. The molecule has 0 aliphatic heterocycles. The average molecular weight is 301 g/mol. The van der Waals surface area contributed by atoms with Gasteiger partial charge in [0.15, 0.2) is 23.3 Å². The highest BCUT2D eigenvalue weighted by molar-refractivity contribution is 5.47. The zero-order valence-electron chi connectivity index (χ0n) is 10.5. The molecule has 20 heavy (non-hydrogen) atoms. The number of rotatable bonds is 7. The van der Waals surface area contributed by atoms with E-state index in [1.165, 1.54) is 0 Å². The Bertz CT molecular complexity index is 452. The van der Waals surface area contributed by atoms with E-state index in [0.717, 1.165) is 0 Å². The topological polar surface area (TPSA) is 37.0 Å². The number of alkyl halides is 4. The van der Waals surface area contributed by atoms with Crippen molar-refractivity contribution in [2.24, 2.45) is 0 Å². The summed E-state index contributed by atoms with van der Waals surface area (Å²) < 4.78 is 75.9. The van der Waals surface area contributed by atoms with Crippen molar-refractivity contribution in [3.05, 3.63) is 17.7 Å². The van der Waals surface area contributed by atoms with Crippen molar-refractivity contribution in [3.8, 4) is 0 Å². The lowest BCUT2D eigenvalue weighted by Crippen LogP contribution is -2.35. The predicted octanol–water partition coefficient (Wildman–Crippen LogP) is 3.49. The zero-order chi connectivity index (χ0) is 15.3. The molecule has 1 heterocycles. The molecule has 1 rings (SSSR count). The lowest BCUT2D eigenvalue weighted by molar-refractivity contribution is -0.117. The number of nitrogens with one attached hydrogen (secondary N) is 2. The van der Waals surface area contributed by atoms with Crippen LogP contribution in [0.1, 0.15) is 13.3 Å². The Morgan fingerprint density at radius 1 is 1.15 bits per heavy atom. The van der Waals surface area contributed by atoms with Gasteiger partial charge < -0.3 is 10.6 Å². The standard InChI is InChI=1S/C11H13F6N3/c1-2-3-18-8-6(12)4-7(13)9(20-8)19-5-11(16,17)10(14)15/h4,10H,2-3,5H2,1H3,(H2,18,19,20). The van der Waals surface area contributed by atoms with E-state index in [-0.39, 0.29) is 5.82 Å². The lowest BCUT2D eigenvalue weighted by Gasteiger charge is -2.17. The Kier molecular flexibility index (Phi) is 5.46. The molecule has 0 atom stereocenters. The first-order chi connectivity index (χ1) is 9.27. The highest BCUT2D eigenvalue weighted by Gasteiger charge is 2.40. The summed E-state index contributed by atoms with van der Waals surface area (Å²) in [6.07, 6.45) is -3.26. The second-order valence-corrected chi connectivity index (χ2v) is 3.99. The van der Waals surface area contributed by atoms with Crippen LogP contribution < -0.4 is 10.6 Å². The third-order valence-electron chi connectivity index (χ3n) is 2.28. The molecule has 0 unspecified atom stereocenters. The Balaban J connectivity index is 2.84. The fourth-order valence-corrected chi connectivity index (χ4v) is 1.24. The van der Waals surface area contributed by atoms with E-state index in [9.17, 15) is 26.3 Å². The monoisotopic (exact) mass is 301 g/mol. The quantitative estimate of drug-likeness (QED) is 0.757. The summed E-state index contributed by atoms with van der Waals surface area (Å²) in [7, 11) is 0. The van der Waals surface area contributed by atoms with E-state index in [4.69, 9.17) is 0 Å². The minimum absolute atomic E-state index is 0.336. The third-order valence-corrected chi connectivity index (χ3v) is 2.28. The second kappa shape index (κ2) is 6.67. The zero-order valence-corrected chi connectivity index (χ0v) is 10.5. The van der Waals surface area contributed by atoms with Crippen molar-refractivity contribution in [1.29, 1.82) is 0 Å². The summed E-state index contributed by atoms with van der Waals surface area (Å²) >= 11 is 0. The Labute approximate surface area is 111 Å². The van der Waals surface area contributed by atoms with Gasteiger partial charge in [-0.15, -0.1) is 0 Å². The van der Waals surface area contributed by atoms with Crippen LogP contribution in [0.4, 0.5) is 38.0 Å². The van der Waals surface area contributed by atoms with Crippen molar-refractivity contribution < 1.29 is 26.3 Å². The SMILES string of the molecule is CCCNc1nc(NCC(F)(F)C(F)F)c(F)cc1F. The fraction of sp³-hybridized carbons (Fsp3) is 0.545. The number of hydrogen-bond acceptors (Lipinski definition) is 3. The van der Waals surface area contributed by atoms with Crippen molar-refractivity contribution in [2.75, 3.05) is 23.7 Å². The van der Waals surface area contributed by atoms with Gasteiger partial charge in [-0.05, 0) is 6.42 Å². The molecule has 9 heteroatoms. The fourth-order valence-electron chi connectivity index (χ4n) is 1.24. The van der Waals surface area contributed by atoms with Crippen LogP contribution in [-0.2, 0) is 0 Å². The van der Waals surface area contributed by atoms with Crippen LogP contribution in [0.15, 0.2) is 6.07 Å². The highest BCUT2D eigenvalue weighted by atomic mass is 19.3. The van der Waals surface area contributed by atoms with E-state index in [2.05, 4.69) is 10.3 Å². The molecule has 0 saturated carbocycles. The molecule has 0 radical (unpaired) electrons. The average Bonchev–Trinajstić information content (AvgIpc) is 2.36. The Morgan fingerprint density at radius 3 is 2.20 bits per heavy atom. The highest BCUT2D eigenvalue weighted by Crippen LogP contribution is 2.25. The third kappa shape index (κ3) is 4.17. The molecule has 0 bridgehead atoms. The van der Waals surface area contributed by atoms with Gasteiger partial charge in [-0.3, -0.25) is 0 Å². The van der Waals surface area contributed by atoms with Crippen molar-refractivity contribution in [2.45, 2.75) is 25.7 Å². The van der Waals surface area contributed by atoms with Crippen LogP contribution in [0.5, 0.6) is 0 Å². The summed E-state index contributed by atoms with van der Waals surface area (Å²) in [5, 5.41) is 4.28. The van der Waals surface area contributed by atoms with Crippen molar-refractivity contribution in [3.63, 3.8) is 0 Å². The van der Waals surface area contributed by atoms with Gasteiger partial charge in [-0.25, -0.2) is 22.5 Å². The summed E-state index contributed by atoms with van der Waals surface area (Å²) in [6, 6.07) is 0.438. The molecule has 0 amide bonds. The Hall–Kier alpha value is -1.67. The largest absolute Gasteiger partial charge is 0.368 e. The van der Waals surface area contributed by atoms with Gasteiger partial charge in [0, 0.05) is 12.6 Å². The van der Waals surface area contributed by atoms with Gasteiger partial charge in [-0.1, -0.05) is 6.92 Å². The molecule has 114 valence electrons. The van der Waals surface area contributed by atoms with Gasteiger partial charge in [0.05, 0.1) is 6.54 Å². The predicted molar refractivity (Wildman–Crippen MR) is 62.4 cm³/mol. The van der Waals surface area contributed by atoms with Gasteiger partial charge >= 0.3 is 12.3 Å². The number of anilines is 2. The number of hydrogen-bond donors (Lipinski definition) is 2. The summed E-state index contributed by atoms with van der Waals surface area (Å²) in [4.78, 5) is 3.42. The van der Waals surface area contributed by atoms with Crippen molar-refractivity contribution >= 4 is 11.6 Å². The molecule has 3 nitrogen and oxygen atoms in total. The van der Waals surface area contributed by atoms with Crippen LogP contribution in [0, 0.1) is 11.6 Å². The molecular weight excluding hydrogens is 288 g/mol. The molecule has 0 spiro atoms. The molecular formula is C11H13F6N3. The van der Waals surface area contributed by atoms with Gasteiger partial charge in [-0.2, -0.15) is 8.78 Å².